The van der Waals surface area contributed by atoms with Crippen LogP contribution in [0.5, 0.6) is 0 Å². The molecule has 8 nitrogen and oxygen atoms in total. The minimum Gasteiger partial charge on any atom is -0.370 e. The number of carbonyl (C=O) groups excluding carboxylic acids is 3. The van der Waals surface area contributed by atoms with Crippen LogP contribution < -0.4 is 16.0 Å². The zero-order valence-corrected chi connectivity index (χ0v) is 15.4. The van der Waals surface area contributed by atoms with Crippen LogP contribution in [0.3, 0.4) is 0 Å². The Morgan fingerprint density at radius 3 is 2.45 bits per heavy atom. The minimum atomic E-state index is -4.57. The van der Waals surface area contributed by atoms with Gasteiger partial charge in [-0.25, -0.2) is 0 Å². The van der Waals surface area contributed by atoms with Crippen LogP contribution in [0.4, 0.5) is 24.5 Å². The molecule has 2 fully saturated rings. The number of nitrogens with zero attached hydrogens (tertiary/aromatic N) is 2. The highest BCUT2D eigenvalue weighted by molar-refractivity contribution is 6.09. The van der Waals surface area contributed by atoms with Gasteiger partial charge in [0.15, 0.2) is 6.04 Å². The molecule has 1 heterocycles. The van der Waals surface area contributed by atoms with Crippen molar-refractivity contribution in [1.29, 1.82) is 0 Å². The van der Waals surface area contributed by atoms with Gasteiger partial charge in [0.05, 0.1) is 13.2 Å². The topological polar surface area (TPSA) is 105 Å². The molecule has 1 saturated heterocycles. The molecule has 3 rings (SSSR count). The summed E-state index contributed by atoms with van der Waals surface area (Å²) in [6, 6.07) is 3.94. The number of carbonyl (C=O) groups is 3. The number of nitrogens with two attached hydrogens (primary N) is 1. The van der Waals surface area contributed by atoms with Crippen LogP contribution in [-0.2, 0) is 19.1 Å². The first-order valence-electron chi connectivity index (χ1n) is 9.06. The van der Waals surface area contributed by atoms with Crippen molar-refractivity contribution in [2.75, 3.05) is 36.5 Å². The van der Waals surface area contributed by atoms with Gasteiger partial charge < -0.3 is 20.7 Å². The second-order valence-corrected chi connectivity index (χ2v) is 6.96. The highest BCUT2D eigenvalue weighted by Crippen LogP contribution is 2.32. The summed E-state index contributed by atoms with van der Waals surface area (Å²) in [5, 5.41) is 2.44. The third-order valence-corrected chi connectivity index (χ3v) is 4.66. The predicted molar refractivity (Wildman–Crippen MR) is 97.0 cm³/mol. The van der Waals surface area contributed by atoms with E-state index in [2.05, 4.69) is 5.32 Å². The van der Waals surface area contributed by atoms with Crippen molar-refractivity contribution in [3.63, 3.8) is 0 Å². The molecular formula is C18H21F3N4O4. The Morgan fingerprint density at radius 1 is 1.28 bits per heavy atom. The van der Waals surface area contributed by atoms with Crippen LogP contribution >= 0.6 is 0 Å². The summed E-state index contributed by atoms with van der Waals surface area (Å²) in [6.45, 7) is -0.617. The molecule has 1 aromatic carbocycles. The van der Waals surface area contributed by atoms with Crippen molar-refractivity contribution in [3.05, 3.63) is 24.3 Å². The van der Waals surface area contributed by atoms with Crippen LogP contribution in [0.1, 0.15) is 12.8 Å². The van der Waals surface area contributed by atoms with Gasteiger partial charge in [-0.3, -0.25) is 19.3 Å². The summed E-state index contributed by atoms with van der Waals surface area (Å²) in [5.74, 6) is -2.27. The van der Waals surface area contributed by atoms with E-state index in [1.807, 2.05) is 0 Å². The Labute approximate surface area is 164 Å². The van der Waals surface area contributed by atoms with Crippen molar-refractivity contribution in [2.45, 2.75) is 31.1 Å². The monoisotopic (exact) mass is 414 g/mol. The fourth-order valence-corrected chi connectivity index (χ4v) is 3.21. The fraction of sp³-hybridized carbons (Fsp3) is 0.500. The van der Waals surface area contributed by atoms with Gasteiger partial charge in [0, 0.05) is 24.0 Å². The van der Waals surface area contributed by atoms with Gasteiger partial charge in [0.2, 0.25) is 5.91 Å². The number of hydrogen-bond donors (Lipinski definition) is 2. The molecule has 0 radical (unpaired) electrons. The molecule has 29 heavy (non-hydrogen) atoms. The van der Waals surface area contributed by atoms with Gasteiger partial charge >= 0.3 is 6.18 Å². The molecule has 0 aromatic heterocycles. The van der Waals surface area contributed by atoms with E-state index in [1.165, 1.54) is 17.0 Å². The van der Waals surface area contributed by atoms with E-state index in [-0.39, 0.29) is 18.2 Å². The number of ether oxygens (including phenoxy) is 1. The second kappa shape index (κ2) is 8.37. The van der Waals surface area contributed by atoms with Crippen LogP contribution in [-0.4, -0.2) is 67.2 Å². The maximum absolute atomic E-state index is 12.9. The largest absolute Gasteiger partial charge is 0.401 e. The average Bonchev–Trinajstić information content (AvgIpc) is 3.46. The number of hydrogen-bond acceptors (Lipinski definition) is 5. The van der Waals surface area contributed by atoms with E-state index < -0.39 is 36.6 Å². The Bertz CT molecular complexity index is 780. The van der Waals surface area contributed by atoms with E-state index in [1.54, 1.807) is 12.1 Å². The molecule has 1 saturated carbocycles. The number of amides is 3. The van der Waals surface area contributed by atoms with Gasteiger partial charge in [-0.05, 0) is 37.1 Å². The Morgan fingerprint density at radius 2 is 1.93 bits per heavy atom. The van der Waals surface area contributed by atoms with Gasteiger partial charge in [-0.15, -0.1) is 0 Å². The lowest BCUT2D eigenvalue weighted by Crippen LogP contribution is -2.55. The highest BCUT2D eigenvalue weighted by atomic mass is 19.4. The molecule has 3 N–H and O–H groups in total. The maximum atomic E-state index is 12.9. The first kappa shape index (κ1) is 21.1. The van der Waals surface area contributed by atoms with Crippen molar-refractivity contribution in [3.8, 4) is 0 Å². The molecule has 11 heteroatoms. The Hall–Kier alpha value is -2.66. The smallest absolute Gasteiger partial charge is 0.370 e. The normalized spacial score (nSPS) is 18.6. The number of benzene rings is 1. The summed E-state index contributed by atoms with van der Waals surface area (Å²) in [6.07, 6.45) is -3.63. The summed E-state index contributed by atoms with van der Waals surface area (Å²) >= 11 is 0. The molecule has 158 valence electrons. The lowest BCUT2D eigenvalue weighted by atomic mass is 10.2. The minimum absolute atomic E-state index is 0.0189. The number of primary amides is 1. The van der Waals surface area contributed by atoms with Crippen molar-refractivity contribution < 1.29 is 32.3 Å². The van der Waals surface area contributed by atoms with E-state index in [0.717, 1.165) is 4.90 Å². The van der Waals surface area contributed by atoms with Crippen LogP contribution in [0.25, 0.3) is 0 Å². The molecule has 1 aromatic rings. The molecule has 1 aliphatic heterocycles. The number of nitrogens with one attached hydrogen (secondary N) is 1. The molecule has 3 amide bonds. The van der Waals surface area contributed by atoms with Crippen molar-refractivity contribution >= 4 is 29.1 Å². The zero-order valence-electron chi connectivity index (χ0n) is 15.4. The van der Waals surface area contributed by atoms with E-state index in [0.29, 0.717) is 31.7 Å². The number of alkyl halides is 3. The number of morpholine rings is 1. The molecule has 0 bridgehead atoms. The molecule has 0 spiro atoms. The quantitative estimate of drug-likeness (QED) is 0.645. The molecule has 2 aliphatic rings. The van der Waals surface area contributed by atoms with Gasteiger partial charge in [-0.2, -0.15) is 13.2 Å². The summed E-state index contributed by atoms with van der Waals surface area (Å²) in [5.41, 5.74) is 6.12. The first-order valence-corrected chi connectivity index (χ1v) is 9.06. The third-order valence-electron chi connectivity index (χ3n) is 4.66. The summed E-state index contributed by atoms with van der Waals surface area (Å²) in [7, 11) is 0. The van der Waals surface area contributed by atoms with E-state index >= 15 is 0 Å². The molecule has 1 atom stereocenters. The third kappa shape index (κ3) is 5.45. The van der Waals surface area contributed by atoms with Gasteiger partial charge in [0.1, 0.15) is 6.61 Å². The Balaban J connectivity index is 1.71. The average molecular weight is 414 g/mol. The predicted octanol–water partition coefficient (Wildman–Crippen LogP) is 0.869. The maximum Gasteiger partial charge on any atom is 0.401 e. The number of anilines is 2. The standard InChI is InChI=1S/C18H21F3N4O4/c19-18(20,21)10-25(13-5-6-13)15(16(22)27)17(28)23-11-1-3-12(4-2-11)24-7-8-29-9-14(24)26/h1-4,13,15H,5-10H2,(H2,22,27)(H,23,28)/t15-/m1/s1. The van der Waals surface area contributed by atoms with Crippen LogP contribution in [0.15, 0.2) is 24.3 Å². The number of halogens is 3. The van der Waals surface area contributed by atoms with Crippen LogP contribution in [0.2, 0.25) is 0 Å². The van der Waals surface area contributed by atoms with Crippen LogP contribution in [0, 0.1) is 0 Å². The van der Waals surface area contributed by atoms with Crippen molar-refractivity contribution in [1.82, 2.24) is 4.90 Å². The van der Waals surface area contributed by atoms with E-state index in [4.69, 9.17) is 10.5 Å². The summed E-state index contributed by atoms with van der Waals surface area (Å²) < 4.78 is 43.7. The zero-order chi connectivity index (χ0) is 21.2. The molecule has 0 unspecified atom stereocenters. The lowest BCUT2D eigenvalue weighted by molar-refractivity contribution is -0.158. The Kier molecular flexibility index (Phi) is 6.08. The summed E-state index contributed by atoms with van der Waals surface area (Å²) in [4.78, 5) is 38.5. The second-order valence-electron chi connectivity index (χ2n) is 6.96. The lowest BCUT2D eigenvalue weighted by Gasteiger charge is -2.29. The number of rotatable bonds is 7. The SMILES string of the molecule is NC(=O)[C@H](C(=O)Nc1ccc(N2CCOCC2=O)cc1)N(CC(F)(F)F)C1CC1. The van der Waals surface area contributed by atoms with Gasteiger partial charge in [0.25, 0.3) is 11.8 Å². The molecule has 1 aliphatic carbocycles. The highest BCUT2D eigenvalue weighted by Gasteiger charge is 2.45. The molecular weight excluding hydrogens is 393 g/mol. The fourth-order valence-electron chi connectivity index (χ4n) is 3.21. The van der Waals surface area contributed by atoms with Crippen molar-refractivity contribution in [2.24, 2.45) is 5.73 Å². The van der Waals surface area contributed by atoms with E-state index in [9.17, 15) is 27.6 Å². The van der Waals surface area contributed by atoms with Gasteiger partial charge in [-0.1, -0.05) is 0 Å². The first-order chi connectivity index (χ1) is 13.7.